The molecular weight excluding hydrogens is 324 g/mol. The average molecular weight is 357 g/mol. The molecule has 4 unspecified atom stereocenters. The van der Waals surface area contributed by atoms with Crippen LogP contribution in [0.25, 0.3) is 0 Å². The van der Waals surface area contributed by atoms with Crippen molar-refractivity contribution in [3.63, 3.8) is 0 Å². The SMILES string of the molecule is CN1CC23Cc4ccc(O)cc4C2(C)C(NCCC2(O)CCCCC2)C13. The maximum atomic E-state index is 10.8. The van der Waals surface area contributed by atoms with Gasteiger partial charge < -0.3 is 20.4 Å². The second-order valence-corrected chi connectivity index (χ2v) is 9.70. The lowest BCUT2D eigenvalue weighted by atomic mass is 9.40. The minimum Gasteiger partial charge on any atom is -0.508 e. The Hall–Kier alpha value is -1.10. The number of aliphatic hydroxyl groups is 1. The van der Waals surface area contributed by atoms with Crippen molar-refractivity contribution < 1.29 is 10.2 Å². The number of benzene rings is 1. The lowest BCUT2D eigenvalue weighted by molar-refractivity contribution is -0.216. The van der Waals surface area contributed by atoms with Crippen LogP contribution >= 0.6 is 0 Å². The molecule has 1 aromatic carbocycles. The van der Waals surface area contributed by atoms with Crippen molar-refractivity contribution in [3.8, 4) is 5.75 Å². The van der Waals surface area contributed by atoms with Crippen LogP contribution in [0, 0.1) is 5.41 Å². The van der Waals surface area contributed by atoms with E-state index < -0.39 is 5.60 Å². The van der Waals surface area contributed by atoms with Crippen LogP contribution in [0.4, 0.5) is 0 Å². The summed E-state index contributed by atoms with van der Waals surface area (Å²) in [5, 5.41) is 24.7. The van der Waals surface area contributed by atoms with Gasteiger partial charge in [0.25, 0.3) is 0 Å². The lowest BCUT2D eigenvalue weighted by Gasteiger charge is -2.76. The van der Waals surface area contributed by atoms with E-state index in [0.29, 0.717) is 23.2 Å². The average Bonchev–Trinajstić information content (AvgIpc) is 2.82. The number of fused-ring (bicyclic) bond motifs is 2. The Balaban J connectivity index is 1.35. The van der Waals surface area contributed by atoms with Crippen LogP contribution in [-0.4, -0.2) is 52.9 Å². The zero-order chi connectivity index (χ0) is 18.2. The summed E-state index contributed by atoms with van der Waals surface area (Å²) in [6.45, 7) is 4.42. The van der Waals surface area contributed by atoms with Crippen LogP contribution in [-0.2, 0) is 11.8 Å². The first-order chi connectivity index (χ1) is 12.4. The third-order valence-corrected chi connectivity index (χ3v) is 8.44. The Bertz CT molecular complexity index is 729. The molecule has 2 saturated carbocycles. The Kier molecular flexibility index (Phi) is 3.58. The van der Waals surface area contributed by atoms with Gasteiger partial charge in [0, 0.05) is 29.5 Å². The van der Waals surface area contributed by atoms with E-state index in [0.717, 1.165) is 38.8 Å². The maximum Gasteiger partial charge on any atom is 0.115 e. The molecule has 3 fully saturated rings. The standard InChI is InChI=1S/C22H32N2O2/c1-20-17-12-16(25)7-6-15(17)13-22(20)14-24(2)19(22)18(20)23-11-10-21(26)8-4-3-5-9-21/h6-7,12,18-19,23,25-26H,3-5,8-11,13-14H2,1-2H3. The van der Waals surface area contributed by atoms with E-state index >= 15 is 0 Å². The summed E-state index contributed by atoms with van der Waals surface area (Å²) < 4.78 is 0. The molecule has 0 aromatic heterocycles. The highest BCUT2D eigenvalue weighted by molar-refractivity contribution is 5.56. The minimum atomic E-state index is -0.454. The van der Waals surface area contributed by atoms with Gasteiger partial charge in [-0.05, 0) is 62.5 Å². The first kappa shape index (κ1) is 17.0. The van der Waals surface area contributed by atoms with Crippen LogP contribution in [0.15, 0.2) is 18.2 Å². The number of likely N-dealkylation sites (tertiary alicyclic amines) is 1. The van der Waals surface area contributed by atoms with Gasteiger partial charge in [0.05, 0.1) is 5.60 Å². The fourth-order valence-corrected chi connectivity index (χ4v) is 7.08. The maximum absolute atomic E-state index is 10.8. The van der Waals surface area contributed by atoms with E-state index in [-0.39, 0.29) is 5.41 Å². The van der Waals surface area contributed by atoms with E-state index in [1.165, 1.54) is 30.4 Å². The third-order valence-electron chi connectivity index (χ3n) is 8.44. The molecule has 0 amide bonds. The molecule has 4 aliphatic rings. The smallest absolute Gasteiger partial charge is 0.115 e. The van der Waals surface area contributed by atoms with Crippen molar-refractivity contribution in [2.75, 3.05) is 20.1 Å². The number of hydrogen-bond donors (Lipinski definition) is 3. The molecule has 3 aliphatic carbocycles. The fourth-order valence-electron chi connectivity index (χ4n) is 7.08. The molecule has 0 radical (unpaired) electrons. The van der Waals surface area contributed by atoms with Crippen LogP contribution in [0.1, 0.15) is 56.6 Å². The number of aromatic hydroxyl groups is 1. The summed E-state index contributed by atoms with van der Waals surface area (Å²) in [5.74, 6) is 0.383. The minimum absolute atomic E-state index is 0.0907. The van der Waals surface area contributed by atoms with Crippen LogP contribution < -0.4 is 5.32 Å². The number of piperidine rings is 1. The summed E-state index contributed by atoms with van der Waals surface area (Å²) in [4.78, 5) is 2.49. The molecule has 1 aromatic rings. The highest BCUT2D eigenvalue weighted by atomic mass is 16.3. The molecule has 5 rings (SSSR count). The third kappa shape index (κ3) is 2.01. The van der Waals surface area contributed by atoms with E-state index in [2.05, 4.69) is 30.3 Å². The summed E-state index contributed by atoms with van der Waals surface area (Å²) in [6, 6.07) is 6.93. The molecule has 4 nitrogen and oxygen atoms in total. The monoisotopic (exact) mass is 356 g/mol. The van der Waals surface area contributed by atoms with Crippen LogP contribution in [0.3, 0.4) is 0 Å². The van der Waals surface area contributed by atoms with Gasteiger partial charge in [-0.25, -0.2) is 0 Å². The lowest BCUT2D eigenvalue weighted by Crippen LogP contribution is -2.89. The molecule has 26 heavy (non-hydrogen) atoms. The van der Waals surface area contributed by atoms with Crippen molar-refractivity contribution in [1.82, 2.24) is 10.2 Å². The molecule has 0 bridgehead atoms. The van der Waals surface area contributed by atoms with E-state index in [9.17, 15) is 10.2 Å². The molecule has 1 aliphatic heterocycles. The number of hydrogen-bond acceptors (Lipinski definition) is 4. The molecule has 3 N–H and O–H groups in total. The molecule has 4 atom stereocenters. The van der Waals surface area contributed by atoms with Gasteiger partial charge in [-0.1, -0.05) is 32.3 Å². The summed E-state index contributed by atoms with van der Waals surface area (Å²) in [5.41, 5.74) is 2.73. The first-order valence-electron chi connectivity index (χ1n) is 10.4. The summed E-state index contributed by atoms with van der Waals surface area (Å²) in [7, 11) is 2.24. The fraction of sp³-hybridized carbons (Fsp3) is 0.727. The van der Waals surface area contributed by atoms with E-state index in [1.807, 2.05) is 12.1 Å². The topological polar surface area (TPSA) is 55.7 Å². The second-order valence-electron chi connectivity index (χ2n) is 9.70. The largest absolute Gasteiger partial charge is 0.508 e. The first-order valence-corrected chi connectivity index (χ1v) is 10.4. The van der Waals surface area contributed by atoms with E-state index in [1.54, 1.807) is 0 Å². The predicted molar refractivity (Wildman–Crippen MR) is 102 cm³/mol. The van der Waals surface area contributed by atoms with Crippen molar-refractivity contribution in [3.05, 3.63) is 29.3 Å². The molecule has 4 heteroatoms. The van der Waals surface area contributed by atoms with Crippen molar-refractivity contribution in [2.45, 2.75) is 75.0 Å². The number of rotatable bonds is 4. The van der Waals surface area contributed by atoms with Crippen LogP contribution in [0.2, 0.25) is 0 Å². The molecule has 1 heterocycles. The number of nitrogens with zero attached hydrogens (tertiary/aromatic N) is 1. The highest BCUT2D eigenvalue weighted by Gasteiger charge is 2.78. The van der Waals surface area contributed by atoms with Gasteiger partial charge in [0.15, 0.2) is 0 Å². The molecule has 1 spiro atoms. The summed E-state index contributed by atoms with van der Waals surface area (Å²) in [6.07, 6.45) is 7.51. The zero-order valence-electron chi connectivity index (χ0n) is 16.1. The highest BCUT2D eigenvalue weighted by Crippen LogP contribution is 2.70. The van der Waals surface area contributed by atoms with Gasteiger partial charge in [-0.2, -0.15) is 0 Å². The number of phenolic OH excluding ortho intramolecular Hbond substituents is 1. The van der Waals surface area contributed by atoms with Gasteiger partial charge in [0.1, 0.15) is 5.75 Å². The van der Waals surface area contributed by atoms with Gasteiger partial charge in [-0.15, -0.1) is 0 Å². The van der Waals surface area contributed by atoms with Crippen molar-refractivity contribution >= 4 is 0 Å². The number of likely N-dealkylation sites (N-methyl/N-ethyl adjacent to an activating group) is 1. The van der Waals surface area contributed by atoms with Gasteiger partial charge in [0.2, 0.25) is 0 Å². The molecular formula is C22H32N2O2. The van der Waals surface area contributed by atoms with Crippen molar-refractivity contribution in [2.24, 2.45) is 5.41 Å². The Morgan fingerprint density at radius 3 is 2.73 bits per heavy atom. The Morgan fingerprint density at radius 2 is 2.00 bits per heavy atom. The van der Waals surface area contributed by atoms with Crippen LogP contribution in [0.5, 0.6) is 5.75 Å². The molecule has 142 valence electrons. The van der Waals surface area contributed by atoms with E-state index in [4.69, 9.17) is 0 Å². The Labute approximate surface area is 156 Å². The quantitative estimate of drug-likeness (QED) is 0.776. The predicted octanol–water partition coefficient (Wildman–Crippen LogP) is 2.56. The number of phenols is 1. The number of nitrogens with one attached hydrogen (secondary N) is 1. The van der Waals surface area contributed by atoms with Gasteiger partial charge >= 0.3 is 0 Å². The summed E-state index contributed by atoms with van der Waals surface area (Å²) >= 11 is 0. The second kappa shape index (κ2) is 5.46. The van der Waals surface area contributed by atoms with Crippen molar-refractivity contribution in [1.29, 1.82) is 0 Å². The molecule has 1 saturated heterocycles. The van der Waals surface area contributed by atoms with Gasteiger partial charge in [-0.3, -0.25) is 0 Å². The Morgan fingerprint density at radius 1 is 1.23 bits per heavy atom. The normalized spacial score (nSPS) is 40.1. The zero-order valence-corrected chi connectivity index (χ0v) is 16.1.